The number of amides is 1. The molecule has 1 atom stereocenters. The highest BCUT2D eigenvalue weighted by molar-refractivity contribution is 5.91. The van der Waals surface area contributed by atoms with E-state index in [9.17, 15) is 33.6 Å². The number of esters is 6. The van der Waals surface area contributed by atoms with Crippen molar-refractivity contribution in [2.45, 2.75) is 240 Å². The maximum atomic E-state index is 13.1. The molecule has 85 heavy (non-hydrogen) atoms. The van der Waals surface area contributed by atoms with Crippen molar-refractivity contribution in [1.29, 1.82) is 0 Å². The Morgan fingerprint density at radius 3 is 1.49 bits per heavy atom. The molecule has 2 fully saturated rings. The lowest BCUT2D eigenvalue weighted by Crippen LogP contribution is -2.35. The molecule has 1 N–H and O–H groups in total. The SMILES string of the molecule is CCCCCC1CCC(C2CCC(C(=O)Oc3ccc(OC(=O)c4ccc(OCCCCCCCCOC(=O)CCC(=O)OCCCCCCOC(=O)NCC(C)(C)CC(C)CCCC(=O)OCCCCCCOC(C)=O)cc4)cc3)CC2)CC1. The number of hydrogen-bond acceptors (Lipinski definition) is 15. The molecule has 0 bridgehead atoms. The summed E-state index contributed by atoms with van der Waals surface area (Å²) in [6.07, 6.45) is 29.5. The number of carbonyl (C=O) groups is 7. The molecule has 2 aliphatic carbocycles. The number of nitrogens with one attached hydrogen (secondary N) is 1. The van der Waals surface area contributed by atoms with E-state index in [2.05, 4.69) is 33.0 Å². The van der Waals surface area contributed by atoms with Crippen molar-refractivity contribution >= 4 is 41.9 Å². The van der Waals surface area contributed by atoms with Gasteiger partial charge in [-0.15, -0.1) is 0 Å². The molecule has 0 saturated heterocycles. The van der Waals surface area contributed by atoms with Crippen molar-refractivity contribution in [3.63, 3.8) is 0 Å². The molecule has 2 aliphatic rings. The van der Waals surface area contributed by atoms with Crippen LogP contribution in [0.5, 0.6) is 17.2 Å². The fourth-order valence-corrected chi connectivity index (χ4v) is 11.7. The van der Waals surface area contributed by atoms with Gasteiger partial charge in [-0.05, 0) is 193 Å². The lowest BCUT2D eigenvalue weighted by Gasteiger charge is -2.37. The van der Waals surface area contributed by atoms with Gasteiger partial charge in [-0.1, -0.05) is 98.3 Å². The summed E-state index contributed by atoms with van der Waals surface area (Å²) in [4.78, 5) is 85.5. The molecule has 4 rings (SSSR count). The molecular weight excluding hydrogens is 1080 g/mol. The smallest absolute Gasteiger partial charge is 0.407 e. The Morgan fingerprint density at radius 1 is 0.506 bits per heavy atom. The van der Waals surface area contributed by atoms with Crippen LogP contribution in [0.15, 0.2) is 48.5 Å². The number of rotatable bonds is 44. The number of carbonyl (C=O) groups excluding carboxylic acids is 7. The quantitative estimate of drug-likeness (QED) is 0.0283. The number of unbranched alkanes of at least 4 members (excludes halogenated alkanes) is 13. The summed E-state index contributed by atoms with van der Waals surface area (Å²) in [6.45, 7) is 12.8. The predicted octanol–water partition coefficient (Wildman–Crippen LogP) is 15.8. The van der Waals surface area contributed by atoms with Gasteiger partial charge in [0.05, 0.1) is 64.0 Å². The summed E-state index contributed by atoms with van der Waals surface area (Å²) >= 11 is 0. The summed E-state index contributed by atoms with van der Waals surface area (Å²) in [6, 6.07) is 13.5. The van der Waals surface area contributed by atoms with E-state index >= 15 is 0 Å². The molecule has 0 heterocycles. The lowest BCUT2D eigenvalue weighted by atomic mass is 9.68. The molecule has 16 nitrogen and oxygen atoms in total. The minimum absolute atomic E-state index is 0.0136. The van der Waals surface area contributed by atoms with Crippen molar-refractivity contribution in [2.75, 3.05) is 46.2 Å². The Balaban J connectivity index is 0.890. The number of ether oxygens (including phenoxy) is 8. The third-order valence-electron chi connectivity index (χ3n) is 16.7. The Hall–Kier alpha value is -5.67. The molecule has 1 amide bonds. The molecule has 2 aromatic carbocycles. The largest absolute Gasteiger partial charge is 0.494 e. The van der Waals surface area contributed by atoms with E-state index in [0.29, 0.717) is 87.6 Å². The van der Waals surface area contributed by atoms with Crippen LogP contribution < -0.4 is 19.5 Å². The van der Waals surface area contributed by atoms with Gasteiger partial charge in [0.2, 0.25) is 0 Å². The summed E-state index contributed by atoms with van der Waals surface area (Å²) < 4.78 is 43.5. The molecule has 1 unspecified atom stereocenters. The molecule has 16 heteroatoms. The third kappa shape index (κ3) is 33.7. The van der Waals surface area contributed by atoms with Crippen molar-refractivity contribution < 1.29 is 71.5 Å². The zero-order valence-corrected chi connectivity index (χ0v) is 52.7. The third-order valence-corrected chi connectivity index (χ3v) is 16.7. The highest BCUT2D eigenvalue weighted by atomic mass is 16.6. The van der Waals surface area contributed by atoms with Gasteiger partial charge in [0.1, 0.15) is 17.2 Å². The predicted molar refractivity (Wildman–Crippen MR) is 328 cm³/mol. The molecule has 2 saturated carbocycles. The normalized spacial score (nSPS) is 17.2. The van der Waals surface area contributed by atoms with Crippen LogP contribution >= 0.6 is 0 Å². The van der Waals surface area contributed by atoms with E-state index in [0.717, 1.165) is 140 Å². The first-order valence-electron chi connectivity index (χ1n) is 32.9. The van der Waals surface area contributed by atoms with Crippen molar-refractivity contribution in [3.8, 4) is 17.2 Å². The van der Waals surface area contributed by atoms with Crippen LogP contribution in [0, 0.1) is 35.0 Å². The molecule has 0 spiro atoms. The highest BCUT2D eigenvalue weighted by Gasteiger charge is 2.34. The van der Waals surface area contributed by atoms with Crippen LogP contribution in [0.25, 0.3) is 0 Å². The minimum Gasteiger partial charge on any atom is -0.494 e. The van der Waals surface area contributed by atoms with Crippen LogP contribution in [-0.4, -0.2) is 88.1 Å². The van der Waals surface area contributed by atoms with Crippen molar-refractivity contribution in [2.24, 2.45) is 35.0 Å². The van der Waals surface area contributed by atoms with Crippen LogP contribution in [0.3, 0.4) is 0 Å². The Labute approximate surface area is 509 Å². The van der Waals surface area contributed by atoms with Gasteiger partial charge in [-0.25, -0.2) is 9.59 Å². The van der Waals surface area contributed by atoms with Gasteiger partial charge in [0.25, 0.3) is 0 Å². The number of benzene rings is 2. The van der Waals surface area contributed by atoms with Crippen LogP contribution in [0.1, 0.15) is 250 Å². The van der Waals surface area contributed by atoms with E-state index in [4.69, 9.17) is 37.9 Å². The first-order valence-corrected chi connectivity index (χ1v) is 32.9. The molecular formula is C69H107NO15. The highest BCUT2D eigenvalue weighted by Crippen LogP contribution is 2.43. The van der Waals surface area contributed by atoms with Crippen molar-refractivity contribution in [1.82, 2.24) is 5.32 Å². The molecule has 2 aromatic rings. The Bertz CT molecular complexity index is 2200. The number of hydrogen-bond donors (Lipinski definition) is 1. The standard InChI is InChI=1S/C69H107NO15/c1-6-7-16-25-55-27-29-56(30-28-55)57-31-33-58(34-32-57)66(75)84-61-39-41-62(42-40-61)85-67(76)59-35-37-60(38-36-59)79-46-18-10-8-9-11-19-48-81-64(73)43-44-65(74)82-49-21-14-15-22-50-83-68(77)70-52-69(4,5)51-53(2)24-23-26-63(72)80-47-20-13-12-17-45-78-54(3)71/h35-42,53,55-58H,6-34,43-52H2,1-5H3,(H,70,77). The topological polar surface area (TPSA) is 205 Å². The summed E-state index contributed by atoms with van der Waals surface area (Å²) in [5.41, 5.74) is 0.261. The second-order valence-corrected chi connectivity index (χ2v) is 24.8. The number of alkyl carbamates (subject to hydrolysis) is 1. The summed E-state index contributed by atoms with van der Waals surface area (Å²) in [5.74, 6) is 2.37. The van der Waals surface area contributed by atoms with Gasteiger partial charge in [-0.3, -0.25) is 24.0 Å². The summed E-state index contributed by atoms with van der Waals surface area (Å²) in [7, 11) is 0. The summed E-state index contributed by atoms with van der Waals surface area (Å²) in [5, 5.41) is 2.88. The first-order chi connectivity index (χ1) is 41.1. The zero-order chi connectivity index (χ0) is 61.3. The minimum atomic E-state index is -0.488. The van der Waals surface area contributed by atoms with E-state index in [1.807, 2.05) is 0 Å². The van der Waals surface area contributed by atoms with Crippen LogP contribution in [0.2, 0.25) is 0 Å². The van der Waals surface area contributed by atoms with Crippen molar-refractivity contribution in [3.05, 3.63) is 54.1 Å². The monoisotopic (exact) mass is 1190 g/mol. The molecule has 0 radical (unpaired) electrons. The van der Waals surface area contributed by atoms with E-state index < -0.39 is 24.0 Å². The van der Waals surface area contributed by atoms with Gasteiger partial charge >= 0.3 is 41.9 Å². The fraction of sp³-hybridized carbons (Fsp3) is 0.725. The van der Waals surface area contributed by atoms with Gasteiger partial charge in [0, 0.05) is 19.9 Å². The van der Waals surface area contributed by atoms with Gasteiger partial charge in [0.15, 0.2) is 0 Å². The van der Waals surface area contributed by atoms with Crippen LogP contribution in [0.4, 0.5) is 4.79 Å². The second kappa shape index (κ2) is 43.0. The van der Waals surface area contributed by atoms with E-state index in [-0.39, 0.29) is 48.7 Å². The van der Waals surface area contributed by atoms with Gasteiger partial charge < -0.3 is 43.2 Å². The average molecular weight is 1190 g/mol. The Kier molecular flexibility index (Phi) is 36.4. The van der Waals surface area contributed by atoms with E-state index in [1.54, 1.807) is 48.5 Å². The first kappa shape index (κ1) is 71.8. The van der Waals surface area contributed by atoms with E-state index in [1.165, 1.54) is 58.3 Å². The zero-order valence-electron chi connectivity index (χ0n) is 52.7. The fourth-order valence-electron chi connectivity index (χ4n) is 11.7. The van der Waals surface area contributed by atoms with Crippen LogP contribution in [-0.2, 0) is 47.7 Å². The maximum Gasteiger partial charge on any atom is 0.407 e. The van der Waals surface area contributed by atoms with Gasteiger partial charge in [-0.2, -0.15) is 0 Å². The average Bonchev–Trinajstić information content (AvgIpc) is 3.70. The maximum absolute atomic E-state index is 13.1. The molecule has 0 aliphatic heterocycles. The molecule has 478 valence electrons. The molecule has 0 aromatic heterocycles. The Morgan fingerprint density at radius 2 is 0.965 bits per heavy atom. The lowest BCUT2D eigenvalue weighted by molar-refractivity contribution is -0.150. The second-order valence-electron chi connectivity index (χ2n) is 24.8.